The van der Waals surface area contributed by atoms with Gasteiger partial charge < -0.3 is 14.6 Å². The average Bonchev–Trinajstić information content (AvgIpc) is 3.35. The number of thioether (sulfide) groups is 1. The van der Waals surface area contributed by atoms with E-state index in [1.165, 1.54) is 40.1 Å². The number of fused-ring (bicyclic) bond motifs is 1. The predicted molar refractivity (Wildman–Crippen MR) is 126 cm³/mol. The van der Waals surface area contributed by atoms with Gasteiger partial charge in [-0.1, -0.05) is 25.1 Å². The molecule has 1 aliphatic carbocycles. The minimum absolute atomic E-state index is 0.149. The van der Waals surface area contributed by atoms with Gasteiger partial charge in [0.05, 0.1) is 11.3 Å². The first-order valence-corrected chi connectivity index (χ1v) is 12.5. The molecule has 7 nitrogen and oxygen atoms in total. The fourth-order valence-corrected chi connectivity index (χ4v) is 5.84. The van der Waals surface area contributed by atoms with Crippen molar-refractivity contribution in [3.8, 4) is 11.8 Å². The van der Waals surface area contributed by atoms with Gasteiger partial charge in [0.1, 0.15) is 29.2 Å². The van der Waals surface area contributed by atoms with Crippen molar-refractivity contribution in [1.29, 1.82) is 5.26 Å². The highest BCUT2D eigenvalue weighted by Crippen LogP contribution is 2.40. The molecule has 172 valence electrons. The molecule has 1 aliphatic rings. The standard InChI is InChI=1S/C23H24FN5O2S2/c1-3-14-4-9-17-18(11-25)22(33-19(17)10-14)26-21(30)13-32-23-28-27-20(29(23)2)12-31-16-7-5-15(24)6-8-16/h5-8,14H,3-4,9-10,12-13H2,1-2H3,(H,26,30). The van der Waals surface area contributed by atoms with Crippen molar-refractivity contribution >= 4 is 34.0 Å². The maximum Gasteiger partial charge on any atom is 0.235 e. The van der Waals surface area contributed by atoms with Gasteiger partial charge in [-0.15, -0.1) is 21.5 Å². The monoisotopic (exact) mass is 485 g/mol. The van der Waals surface area contributed by atoms with E-state index in [1.807, 2.05) is 0 Å². The fraction of sp³-hybridized carbons (Fsp3) is 0.391. The average molecular weight is 486 g/mol. The molecule has 1 atom stereocenters. The van der Waals surface area contributed by atoms with E-state index in [4.69, 9.17) is 4.74 Å². The molecule has 1 amide bonds. The van der Waals surface area contributed by atoms with Crippen molar-refractivity contribution in [3.05, 3.63) is 51.9 Å². The first-order chi connectivity index (χ1) is 16.0. The topological polar surface area (TPSA) is 92.8 Å². The third-order valence-corrected chi connectivity index (χ3v) is 7.94. The molecule has 0 aliphatic heterocycles. The van der Waals surface area contributed by atoms with Crippen molar-refractivity contribution < 1.29 is 13.9 Å². The highest BCUT2D eigenvalue weighted by atomic mass is 32.2. The second kappa shape index (κ2) is 10.4. The maximum atomic E-state index is 13.0. The summed E-state index contributed by atoms with van der Waals surface area (Å²) in [6, 6.07) is 8.04. The smallest absolute Gasteiger partial charge is 0.235 e. The van der Waals surface area contributed by atoms with Crippen LogP contribution in [-0.4, -0.2) is 26.4 Å². The molecule has 0 saturated carbocycles. The first kappa shape index (κ1) is 23.3. The molecule has 3 aromatic rings. The van der Waals surface area contributed by atoms with E-state index in [0.29, 0.717) is 33.2 Å². The Kier molecular flexibility index (Phi) is 7.30. The van der Waals surface area contributed by atoms with E-state index in [0.717, 1.165) is 31.2 Å². The van der Waals surface area contributed by atoms with Crippen molar-refractivity contribution in [1.82, 2.24) is 14.8 Å². The molecular weight excluding hydrogens is 461 g/mol. The van der Waals surface area contributed by atoms with Gasteiger partial charge in [0.25, 0.3) is 0 Å². The lowest BCUT2D eigenvalue weighted by molar-refractivity contribution is -0.113. The molecule has 1 unspecified atom stereocenters. The number of anilines is 1. The van der Waals surface area contributed by atoms with Gasteiger partial charge in [-0.25, -0.2) is 4.39 Å². The number of nitrogens with zero attached hydrogens (tertiary/aromatic N) is 4. The van der Waals surface area contributed by atoms with Crippen molar-refractivity contribution in [2.45, 2.75) is 44.4 Å². The molecular formula is C23H24FN5O2S2. The van der Waals surface area contributed by atoms with Crippen LogP contribution in [0.1, 0.15) is 41.6 Å². The summed E-state index contributed by atoms with van der Waals surface area (Å²) in [5.41, 5.74) is 1.72. The third-order valence-electron chi connectivity index (χ3n) is 5.75. The zero-order chi connectivity index (χ0) is 23.4. The summed E-state index contributed by atoms with van der Waals surface area (Å²) in [4.78, 5) is 13.8. The second-order valence-electron chi connectivity index (χ2n) is 7.87. The predicted octanol–water partition coefficient (Wildman–Crippen LogP) is 4.71. The number of ether oxygens (including phenoxy) is 1. The number of carbonyl (C=O) groups is 1. The second-order valence-corrected chi connectivity index (χ2v) is 9.92. The van der Waals surface area contributed by atoms with E-state index in [2.05, 4.69) is 28.5 Å². The Morgan fingerprint density at radius 3 is 2.91 bits per heavy atom. The first-order valence-electron chi connectivity index (χ1n) is 10.7. The maximum absolute atomic E-state index is 13.0. The van der Waals surface area contributed by atoms with E-state index in [9.17, 15) is 14.4 Å². The number of halogens is 1. The SMILES string of the molecule is CCC1CCc2c(sc(NC(=O)CSc3nnc(COc4ccc(F)cc4)n3C)c2C#N)C1. The number of nitrogens with one attached hydrogen (secondary N) is 1. The lowest BCUT2D eigenvalue weighted by Gasteiger charge is -2.20. The van der Waals surface area contributed by atoms with Crippen LogP contribution < -0.4 is 10.1 Å². The number of hydrogen-bond acceptors (Lipinski definition) is 7. The van der Waals surface area contributed by atoms with E-state index < -0.39 is 0 Å². The highest BCUT2D eigenvalue weighted by molar-refractivity contribution is 7.99. The number of hydrogen-bond donors (Lipinski definition) is 1. The van der Waals surface area contributed by atoms with Gasteiger partial charge in [-0.05, 0) is 55.0 Å². The summed E-state index contributed by atoms with van der Waals surface area (Å²) < 4.78 is 20.4. The molecule has 0 saturated heterocycles. The molecule has 0 radical (unpaired) electrons. The van der Waals surface area contributed by atoms with Crippen molar-refractivity contribution in [2.75, 3.05) is 11.1 Å². The molecule has 0 spiro atoms. The molecule has 2 heterocycles. The van der Waals surface area contributed by atoms with Crippen LogP contribution in [0.4, 0.5) is 9.39 Å². The molecule has 1 aromatic carbocycles. The number of aromatic nitrogens is 3. The number of nitriles is 1. The minimum Gasteiger partial charge on any atom is -0.486 e. The van der Waals surface area contributed by atoms with Crippen LogP contribution in [0.3, 0.4) is 0 Å². The number of amides is 1. The van der Waals surface area contributed by atoms with Crippen LogP contribution in [0, 0.1) is 23.1 Å². The summed E-state index contributed by atoms with van der Waals surface area (Å²) in [7, 11) is 1.80. The largest absolute Gasteiger partial charge is 0.486 e. The summed E-state index contributed by atoms with van der Waals surface area (Å²) in [5.74, 6) is 1.41. The quantitative estimate of drug-likeness (QED) is 0.465. The Hall–Kier alpha value is -2.90. The van der Waals surface area contributed by atoms with Crippen LogP contribution in [0.25, 0.3) is 0 Å². The Bertz CT molecular complexity index is 1180. The molecule has 4 rings (SSSR count). The molecule has 0 fully saturated rings. The van der Waals surface area contributed by atoms with E-state index in [1.54, 1.807) is 23.7 Å². The molecule has 1 N–H and O–H groups in total. The van der Waals surface area contributed by atoms with Crippen LogP contribution in [-0.2, 0) is 31.3 Å². The summed E-state index contributed by atoms with van der Waals surface area (Å²) in [5, 5.41) is 22.0. The number of benzene rings is 1. The molecule has 2 aromatic heterocycles. The number of carbonyl (C=O) groups excluding carboxylic acids is 1. The zero-order valence-electron chi connectivity index (χ0n) is 18.4. The van der Waals surface area contributed by atoms with Gasteiger partial charge in [-0.2, -0.15) is 5.26 Å². The summed E-state index contributed by atoms with van der Waals surface area (Å²) >= 11 is 2.80. The van der Waals surface area contributed by atoms with Gasteiger partial charge in [0.15, 0.2) is 11.0 Å². The molecule has 33 heavy (non-hydrogen) atoms. The van der Waals surface area contributed by atoms with Gasteiger partial charge in [0.2, 0.25) is 5.91 Å². The van der Waals surface area contributed by atoms with Crippen LogP contribution in [0.15, 0.2) is 29.4 Å². The minimum atomic E-state index is -0.326. The van der Waals surface area contributed by atoms with Crippen molar-refractivity contribution in [2.24, 2.45) is 13.0 Å². The van der Waals surface area contributed by atoms with Crippen LogP contribution >= 0.6 is 23.1 Å². The fourth-order valence-electron chi connectivity index (χ4n) is 3.78. The zero-order valence-corrected chi connectivity index (χ0v) is 20.1. The third kappa shape index (κ3) is 5.37. The Balaban J connectivity index is 1.34. The molecule has 0 bridgehead atoms. The lowest BCUT2D eigenvalue weighted by atomic mass is 9.86. The number of rotatable bonds is 8. The van der Waals surface area contributed by atoms with Crippen LogP contribution in [0.5, 0.6) is 5.75 Å². The summed E-state index contributed by atoms with van der Waals surface area (Å²) in [6.07, 6.45) is 4.11. The normalized spacial score (nSPS) is 15.0. The van der Waals surface area contributed by atoms with Crippen LogP contribution in [0.2, 0.25) is 0 Å². The van der Waals surface area contributed by atoms with Crippen molar-refractivity contribution in [3.63, 3.8) is 0 Å². The Labute approximate surface area is 200 Å². The Morgan fingerprint density at radius 1 is 1.39 bits per heavy atom. The Morgan fingerprint density at radius 2 is 2.18 bits per heavy atom. The van der Waals surface area contributed by atoms with Gasteiger partial charge in [0, 0.05) is 11.9 Å². The highest BCUT2D eigenvalue weighted by Gasteiger charge is 2.25. The van der Waals surface area contributed by atoms with E-state index >= 15 is 0 Å². The van der Waals surface area contributed by atoms with E-state index in [-0.39, 0.29) is 24.1 Å². The lowest BCUT2D eigenvalue weighted by Crippen LogP contribution is -2.15. The number of thiophene rings is 1. The molecule has 10 heteroatoms. The van der Waals surface area contributed by atoms with Gasteiger partial charge in [-0.3, -0.25) is 4.79 Å². The van der Waals surface area contributed by atoms with Gasteiger partial charge >= 0.3 is 0 Å². The summed E-state index contributed by atoms with van der Waals surface area (Å²) in [6.45, 7) is 2.37.